The Morgan fingerprint density at radius 2 is 0.607 bits per heavy atom. The van der Waals surface area contributed by atoms with Crippen LogP contribution in [-0.2, 0) is 18.4 Å². The van der Waals surface area contributed by atoms with Gasteiger partial charge in [0.1, 0.15) is 13.2 Å². The molecule has 0 heterocycles. The minimum Gasteiger partial charge on any atom is -0.387 e. The number of phosphoric acid groups is 1. The lowest BCUT2D eigenvalue weighted by atomic mass is 10.0. The molecule has 89 heavy (non-hydrogen) atoms. The Morgan fingerprint density at radius 1 is 0.371 bits per heavy atom. The zero-order valence-electron chi connectivity index (χ0n) is 61.0. The Labute approximate surface area is 557 Å². The first-order chi connectivity index (χ1) is 43.5. The first kappa shape index (κ1) is 88.0. The molecule has 3 unspecified atom stereocenters. The Morgan fingerprint density at radius 3 is 0.865 bits per heavy atom. The SMILES string of the molecule is CCCCCCCCCC/C=C\CCCCCCCCCCCCCCCCCCCCCCCCCCCCCC(=O)NC(COP(=O)(O)OCC[N+](C)(C)C)C(O)/C=C/CCCCCCCCCCCCCCCCCCCCCCCCCCCC. The second kappa shape index (κ2) is 71.3. The second-order valence-corrected chi connectivity index (χ2v) is 30.6. The summed E-state index contributed by atoms with van der Waals surface area (Å²) in [4.78, 5) is 23.5. The molecule has 0 spiro atoms. The summed E-state index contributed by atoms with van der Waals surface area (Å²) < 4.78 is 23.9. The van der Waals surface area contributed by atoms with E-state index in [-0.39, 0.29) is 19.1 Å². The van der Waals surface area contributed by atoms with Crippen LogP contribution in [0.5, 0.6) is 0 Å². The maximum absolute atomic E-state index is 13.1. The van der Waals surface area contributed by atoms with Crippen LogP contribution in [0.2, 0.25) is 0 Å². The Balaban J connectivity index is 3.91. The van der Waals surface area contributed by atoms with Crippen molar-refractivity contribution in [3.63, 3.8) is 0 Å². The van der Waals surface area contributed by atoms with Crippen molar-refractivity contribution in [2.24, 2.45) is 0 Å². The summed E-state index contributed by atoms with van der Waals surface area (Å²) >= 11 is 0. The Kier molecular flexibility index (Phi) is 70.5. The van der Waals surface area contributed by atoms with Crippen molar-refractivity contribution in [3.8, 4) is 0 Å². The third kappa shape index (κ3) is 74.2. The average Bonchev–Trinajstić information content (AvgIpc) is 3.55. The molecule has 0 radical (unpaired) electrons. The molecule has 0 aromatic rings. The fraction of sp³-hybridized carbons (Fsp3) is 0.938. The van der Waals surface area contributed by atoms with Gasteiger partial charge in [-0.3, -0.25) is 13.8 Å². The minimum absolute atomic E-state index is 0.0650. The number of likely N-dealkylation sites (N-methyl/N-ethyl adjacent to an activating group) is 1. The summed E-state index contributed by atoms with van der Waals surface area (Å²) in [5.74, 6) is -0.166. The molecule has 9 heteroatoms. The number of hydrogen-bond donors (Lipinski definition) is 3. The number of hydrogen-bond acceptors (Lipinski definition) is 5. The van der Waals surface area contributed by atoms with Crippen molar-refractivity contribution in [1.29, 1.82) is 0 Å². The molecule has 8 nitrogen and oxygen atoms in total. The Bertz CT molecular complexity index is 1500. The highest BCUT2D eigenvalue weighted by Gasteiger charge is 2.28. The highest BCUT2D eigenvalue weighted by molar-refractivity contribution is 7.47. The molecule has 0 saturated heterocycles. The predicted molar refractivity (Wildman–Crippen MR) is 392 cm³/mol. The molecule has 0 rings (SSSR count). The molecule has 1 amide bonds. The van der Waals surface area contributed by atoms with Crippen molar-refractivity contribution in [2.75, 3.05) is 40.9 Å². The van der Waals surface area contributed by atoms with E-state index in [1.54, 1.807) is 6.08 Å². The van der Waals surface area contributed by atoms with Gasteiger partial charge < -0.3 is 19.8 Å². The maximum Gasteiger partial charge on any atom is 0.472 e. The average molecular weight is 1280 g/mol. The number of carbonyl (C=O) groups is 1. The molecule has 0 bridgehead atoms. The van der Waals surface area contributed by atoms with Crippen LogP contribution in [-0.4, -0.2) is 73.4 Å². The fourth-order valence-electron chi connectivity index (χ4n) is 12.7. The molecular weight excluding hydrogens is 1120 g/mol. The number of allylic oxidation sites excluding steroid dienone is 3. The molecule has 0 saturated carbocycles. The minimum atomic E-state index is -4.35. The van der Waals surface area contributed by atoms with Crippen molar-refractivity contribution in [2.45, 2.75) is 443 Å². The normalized spacial score (nSPS) is 13.6. The second-order valence-electron chi connectivity index (χ2n) is 29.2. The molecule has 0 aromatic heterocycles. The predicted octanol–water partition coefficient (Wildman–Crippen LogP) is 26.2. The summed E-state index contributed by atoms with van der Waals surface area (Å²) in [7, 11) is 1.60. The number of aliphatic hydroxyl groups excluding tert-OH is 1. The molecular formula is C80H160N2O6P+. The summed E-state index contributed by atoms with van der Waals surface area (Å²) in [6.45, 7) is 4.89. The van der Waals surface area contributed by atoms with E-state index >= 15 is 0 Å². The maximum atomic E-state index is 13.1. The number of aliphatic hydroxyl groups is 1. The molecule has 0 aliphatic heterocycles. The van der Waals surface area contributed by atoms with Crippen molar-refractivity contribution in [1.82, 2.24) is 5.32 Å². The van der Waals surface area contributed by atoms with Crippen LogP contribution in [0.1, 0.15) is 431 Å². The molecule has 0 fully saturated rings. The molecule has 0 aliphatic rings. The molecule has 0 aromatic carbocycles. The van der Waals surface area contributed by atoms with Gasteiger partial charge in [-0.25, -0.2) is 4.57 Å². The quantitative estimate of drug-likeness (QED) is 0.0243. The van der Waals surface area contributed by atoms with Gasteiger partial charge in [-0.05, 0) is 44.9 Å². The van der Waals surface area contributed by atoms with Crippen LogP contribution in [0.25, 0.3) is 0 Å². The summed E-state index contributed by atoms with van der Waals surface area (Å²) in [6, 6.07) is -0.846. The summed E-state index contributed by atoms with van der Waals surface area (Å²) in [5.41, 5.74) is 0. The van der Waals surface area contributed by atoms with E-state index in [1.807, 2.05) is 27.2 Å². The van der Waals surface area contributed by atoms with Gasteiger partial charge in [-0.1, -0.05) is 404 Å². The van der Waals surface area contributed by atoms with Gasteiger partial charge in [0.05, 0.1) is 39.9 Å². The first-order valence-electron chi connectivity index (χ1n) is 40.2. The third-order valence-electron chi connectivity index (χ3n) is 18.9. The van der Waals surface area contributed by atoms with Crippen LogP contribution >= 0.6 is 7.82 Å². The molecule has 530 valence electrons. The topological polar surface area (TPSA) is 105 Å². The highest BCUT2D eigenvalue weighted by atomic mass is 31.2. The number of quaternary nitrogens is 1. The van der Waals surface area contributed by atoms with E-state index in [2.05, 4.69) is 31.3 Å². The van der Waals surface area contributed by atoms with Crippen LogP contribution in [0.3, 0.4) is 0 Å². The van der Waals surface area contributed by atoms with Gasteiger partial charge in [0.2, 0.25) is 5.91 Å². The van der Waals surface area contributed by atoms with Crippen molar-refractivity contribution < 1.29 is 32.9 Å². The lowest BCUT2D eigenvalue weighted by Crippen LogP contribution is -2.45. The number of amides is 1. The third-order valence-corrected chi connectivity index (χ3v) is 19.9. The first-order valence-corrected chi connectivity index (χ1v) is 41.7. The van der Waals surface area contributed by atoms with Crippen molar-refractivity contribution in [3.05, 3.63) is 24.3 Å². The van der Waals surface area contributed by atoms with Gasteiger partial charge in [-0.15, -0.1) is 0 Å². The largest absolute Gasteiger partial charge is 0.472 e. The molecule has 3 atom stereocenters. The highest BCUT2D eigenvalue weighted by Crippen LogP contribution is 2.43. The zero-order chi connectivity index (χ0) is 64.8. The van der Waals surface area contributed by atoms with Gasteiger partial charge in [-0.2, -0.15) is 0 Å². The lowest BCUT2D eigenvalue weighted by Gasteiger charge is -2.25. The van der Waals surface area contributed by atoms with Crippen LogP contribution in [0.4, 0.5) is 0 Å². The van der Waals surface area contributed by atoms with Gasteiger partial charge in [0.25, 0.3) is 0 Å². The standard InChI is InChI=1S/C80H159N2O6P/c1-6-8-10-12-14-16-18-20-22-24-26-28-30-32-34-36-37-38-39-40-41-42-43-44-45-46-48-50-52-54-56-58-60-62-64-66-68-70-72-74-80(84)81-78(77-88-89(85,86)87-76-75-82(3,4)5)79(83)73-71-69-67-65-63-61-59-57-55-53-51-49-47-35-33-31-29-27-25-23-21-19-17-15-13-11-9-7-2/h24,26,71,73,78-79,83H,6-23,25,27-70,72,74-77H2,1-5H3,(H-,81,84,85,86)/p+1/b26-24-,73-71+. The van der Waals surface area contributed by atoms with E-state index in [9.17, 15) is 19.4 Å². The summed E-state index contributed by atoms with van der Waals surface area (Å²) in [5, 5.41) is 14.1. The number of unbranched alkanes of at least 4 members (excludes halogenated alkanes) is 61. The monoisotopic (exact) mass is 1280 g/mol. The molecule has 0 aliphatic carbocycles. The molecule has 3 N–H and O–H groups in total. The number of nitrogens with one attached hydrogen (secondary N) is 1. The van der Waals surface area contributed by atoms with E-state index < -0.39 is 20.0 Å². The van der Waals surface area contributed by atoms with E-state index in [0.29, 0.717) is 17.4 Å². The van der Waals surface area contributed by atoms with Gasteiger partial charge in [0, 0.05) is 6.42 Å². The van der Waals surface area contributed by atoms with Crippen molar-refractivity contribution >= 4 is 13.7 Å². The number of phosphoric ester groups is 1. The van der Waals surface area contributed by atoms with Gasteiger partial charge in [0.15, 0.2) is 0 Å². The number of nitrogens with zero attached hydrogens (tertiary/aromatic N) is 1. The van der Waals surface area contributed by atoms with E-state index in [4.69, 9.17) is 9.05 Å². The number of rotatable bonds is 76. The fourth-order valence-corrected chi connectivity index (χ4v) is 13.4. The van der Waals surface area contributed by atoms with Crippen LogP contribution in [0, 0.1) is 0 Å². The van der Waals surface area contributed by atoms with E-state index in [1.165, 1.54) is 379 Å². The summed E-state index contributed by atoms with van der Waals surface area (Å²) in [6.07, 6.45) is 95.2. The number of carbonyl (C=O) groups excluding carboxylic acids is 1. The Hall–Kier alpha value is -1.02. The van der Waals surface area contributed by atoms with Gasteiger partial charge >= 0.3 is 7.82 Å². The van der Waals surface area contributed by atoms with E-state index in [0.717, 1.165) is 32.1 Å². The lowest BCUT2D eigenvalue weighted by molar-refractivity contribution is -0.870. The smallest absolute Gasteiger partial charge is 0.387 e. The zero-order valence-corrected chi connectivity index (χ0v) is 61.9. The van der Waals surface area contributed by atoms with Crippen LogP contribution in [0.15, 0.2) is 24.3 Å². The van der Waals surface area contributed by atoms with Crippen LogP contribution < -0.4 is 5.32 Å².